The van der Waals surface area contributed by atoms with E-state index in [1.54, 1.807) is 7.11 Å². The molecule has 0 aromatic heterocycles. The molecule has 0 aliphatic carbocycles. The van der Waals surface area contributed by atoms with Crippen molar-refractivity contribution < 1.29 is 19.2 Å². The molecule has 1 aliphatic rings. The summed E-state index contributed by atoms with van der Waals surface area (Å²) >= 11 is 0. The highest BCUT2D eigenvalue weighted by Gasteiger charge is 2.24. The molecule has 0 unspecified atom stereocenters. The predicted octanol–water partition coefficient (Wildman–Crippen LogP) is 1.00. The van der Waals surface area contributed by atoms with E-state index in [0.717, 1.165) is 44.2 Å². The molecule has 0 bridgehead atoms. The van der Waals surface area contributed by atoms with Gasteiger partial charge in [0.25, 0.3) is 5.91 Å². The van der Waals surface area contributed by atoms with Crippen LogP contribution in [-0.2, 0) is 11.3 Å². The number of piperazine rings is 1. The Morgan fingerprint density at radius 2 is 1.72 bits per heavy atom. The van der Waals surface area contributed by atoms with Crippen molar-refractivity contribution in [1.82, 2.24) is 4.90 Å². The third-order valence-corrected chi connectivity index (χ3v) is 4.56. The molecule has 1 aliphatic heterocycles. The molecule has 1 saturated heterocycles. The molecule has 2 aromatic carbocycles. The molecule has 0 saturated carbocycles. The highest BCUT2D eigenvalue weighted by molar-refractivity contribution is 5.77. The van der Waals surface area contributed by atoms with Gasteiger partial charge in [-0.1, -0.05) is 30.3 Å². The number of carbonyl (C=O) groups is 1. The number of nitrogens with zero attached hydrogens (tertiary/aromatic N) is 1. The smallest absolute Gasteiger partial charge is 0.260 e. The van der Waals surface area contributed by atoms with Crippen LogP contribution in [0.2, 0.25) is 0 Å². The first-order chi connectivity index (χ1) is 12.3. The SMILES string of the molecule is COc1ccccc1C[NH+]1CCN(C(=O)COc2ccccc2)CC1. The zero-order valence-corrected chi connectivity index (χ0v) is 14.6. The second-order valence-corrected chi connectivity index (χ2v) is 6.22. The summed E-state index contributed by atoms with van der Waals surface area (Å²) in [5.41, 5.74) is 1.21. The van der Waals surface area contributed by atoms with Gasteiger partial charge in [-0.2, -0.15) is 0 Å². The number of amides is 1. The van der Waals surface area contributed by atoms with Crippen molar-refractivity contribution in [2.24, 2.45) is 0 Å². The van der Waals surface area contributed by atoms with Crippen LogP contribution < -0.4 is 14.4 Å². The molecular weight excluding hydrogens is 316 g/mol. The van der Waals surface area contributed by atoms with Crippen LogP contribution >= 0.6 is 0 Å². The normalized spacial score (nSPS) is 15.0. The molecule has 0 atom stereocenters. The van der Waals surface area contributed by atoms with Crippen LogP contribution in [0, 0.1) is 0 Å². The number of carbonyl (C=O) groups excluding carboxylic acids is 1. The first-order valence-corrected chi connectivity index (χ1v) is 8.67. The van der Waals surface area contributed by atoms with E-state index in [-0.39, 0.29) is 12.5 Å². The average molecular weight is 341 g/mol. The molecular formula is C20H25N2O3+. The van der Waals surface area contributed by atoms with E-state index in [4.69, 9.17) is 9.47 Å². The number of benzene rings is 2. The van der Waals surface area contributed by atoms with E-state index in [1.165, 1.54) is 10.5 Å². The van der Waals surface area contributed by atoms with Gasteiger partial charge in [-0.15, -0.1) is 0 Å². The molecule has 2 aromatic rings. The Morgan fingerprint density at radius 3 is 2.44 bits per heavy atom. The van der Waals surface area contributed by atoms with Crippen LogP contribution in [0.3, 0.4) is 0 Å². The monoisotopic (exact) mass is 341 g/mol. The number of nitrogens with one attached hydrogen (secondary N) is 1. The summed E-state index contributed by atoms with van der Waals surface area (Å²) in [5.74, 6) is 1.72. The first-order valence-electron chi connectivity index (χ1n) is 8.67. The van der Waals surface area contributed by atoms with Crippen molar-refractivity contribution in [3.05, 3.63) is 60.2 Å². The van der Waals surface area contributed by atoms with Gasteiger partial charge in [0.15, 0.2) is 6.61 Å². The fourth-order valence-corrected chi connectivity index (χ4v) is 3.12. The summed E-state index contributed by atoms with van der Waals surface area (Å²) in [5, 5.41) is 0. The maximum absolute atomic E-state index is 12.3. The van der Waals surface area contributed by atoms with Crippen LogP contribution in [0.25, 0.3) is 0 Å². The Bertz CT molecular complexity index is 682. The molecule has 1 amide bonds. The number of quaternary nitrogens is 1. The summed E-state index contributed by atoms with van der Waals surface area (Å²) < 4.78 is 11.0. The topological polar surface area (TPSA) is 43.2 Å². The third-order valence-electron chi connectivity index (χ3n) is 4.56. The van der Waals surface area contributed by atoms with Gasteiger partial charge in [-0.05, 0) is 24.3 Å². The van der Waals surface area contributed by atoms with E-state index in [2.05, 4.69) is 6.07 Å². The lowest BCUT2D eigenvalue weighted by Crippen LogP contribution is -3.13. The Balaban J connectivity index is 1.46. The quantitative estimate of drug-likeness (QED) is 0.853. The van der Waals surface area contributed by atoms with E-state index in [0.29, 0.717) is 0 Å². The second-order valence-electron chi connectivity index (χ2n) is 6.22. The molecule has 25 heavy (non-hydrogen) atoms. The summed E-state index contributed by atoms with van der Waals surface area (Å²) in [7, 11) is 1.71. The number of rotatable bonds is 6. The Labute approximate surface area is 148 Å². The van der Waals surface area contributed by atoms with Gasteiger partial charge in [0.05, 0.1) is 33.3 Å². The van der Waals surface area contributed by atoms with Gasteiger partial charge in [0, 0.05) is 5.56 Å². The molecule has 5 nitrogen and oxygen atoms in total. The van der Waals surface area contributed by atoms with Crippen molar-refractivity contribution in [2.75, 3.05) is 39.9 Å². The number of para-hydroxylation sites is 2. The number of ether oxygens (including phenoxy) is 2. The lowest BCUT2D eigenvalue weighted by Gasteiger charge is -2.32. The molecule has 1 heterocycles. The van der Waals surface area contributed by atoms with Crippen LogP contribution in [-0.4, -0.2) is 50.7 Å². The fourth-order valence-electron chi connectivity index (χ4n) is 3.12. The number of methoxy groups -OCH3 is 1. The van der Waals surface area contributed by atoms with Gasteiger partial charge >= 0.3 is 0 Å². The van der Waals surface area contributed by atoms with Crippen LogP contribution in [0.5, 0.6) is 11.5 Å². The van der Waals surface area contributed by atoms with Gasteiger partial charge in [0.1, 0.15) is 18.0 Å². The van der Waals surface area contributed by atoms with E-state index in [9.17, 15) is 4.79 Å². The third kappa shape index (κ3) is 4.73. The van der Waals surface area contributed by atoms with E-state index in [1.807, 2.05) is 53.4 Å². The van der Waals surface area contributed by atoms with Crippen molar-refractivity contribution in [3.63, 3.8) is 0 Å². The zero-order valence-electron chi connectivity index (χ0n) is 14.6. The number of hydrogen-bond acceptors (Lipinski definition) is 3. The lowest BCUT2D eigenvalue weighted by atomic mass is 10.1. The van der Waals surface area contributed by atoms with Gasteiger partial charge in [-0.25, -0.2) is 0 Å². The summed E-state index contributed by atoms with van der Waals surface area (Å²) in [4.78, 5) is 15.7. The first kappa shape index (κ1) is 17.3. The van der Waals surface area contributed by atoms with Gasteiger partial charge in [-0.3, -0.25) is 4.79 Å². The minimum absolute atomic E-state index is 0.0557. The molecule has 0 radical (unpaired) electrons. The average Bonchev–Trinajstić information content (AvgIpc) is 2.68. The van der Waals surface area contributed by atoms with Gasteiger partial charge < -0.3 is 19.3 Å². The summed E-state index contributed by atoms with van der Waals surface area (Å²) in [6.07, 6.45) is 0. The summed E-state index contributed by atoms with van der Waals surface area (Å²) in [6, 6.07) is 17.6. The lowest BCUT2D eigenvalue weighted by molar-refractivity contribution is -0.917. The maximum Gasteiger partial charge on any atom is 0.260 e. The molecule has 5 heteroatoms. The Hall–Kier alpha value is -2.53. The minimum atomic E-state index is 0.0557. The molecule has 132 valence electrons. The van der Waals surface area contributed by atoms with Gasteiger partial charge in [0.2, 0.25) is 0 Å². The molecule has 0 spiro atoms. The van der Waals surface area contributed by atoms with Crippen LogP contribution in [0.4, 0.5) is 0 Å². The highest BCUT2D eigenvalue weighted by Crippen LogP contribution is 2.16. The van der Waals surface area contributed by atoms with Crippen molar-refractivity contribution in [3.8, 4) is 11.5 Å². The second kappa shape index (κ2) is 8.53. The molecule has 3 rings (SSSR count). The maximum atomic E-state index is 12.3. The highest BCUT2D eigenvalue weighted by atomic mass is 16.5. The largest absolute Gasteiger partial charge is 0.496 e. The standard InChI is InChI=1S/C20H24N2O3/c1-24-19-10-6-5-7-17(19)15-21-11-13-22(14-12-21)20(23)16-25-18-8-3-2-4-9-18/h2-10H,11-16H2,1H3/p+1. The fraction of sp³-hybridized carbons (Fsp3) is 0.350. The Morgan fingerprint density at radius 1 is 1.04 bits per heavy atom. The zero-order chi connectivity index (χ0) is 17.5. The van der Waals surface area contributed by atoms with E-state index >= 15 is 0 Å². The Kier molecular flexibility index (Phi) is 5.90. The minimum Gasteiger partial charge on any atom is -0.496 e. The molecule has 1 N–H and O–H groups in total. The molecule has 1 fully saturated rings. The summed E-state index contributed by atoms with van der Waals surface area (Å²) in [6.45, 7) is 4.44. The number of hydrogen-bond donors (Lipinski definition) is 1. The van der Waals surface area contributed by atoms with Crippen LogP contribution in [0.15, 0.2) is 54.6 Å². The van der Waals surface area contributed by atoms with Crippen molar-refractivity contribution in [2.45, 2.75) is 6.54 Å². The van der Waals surface area contributed by atoms with Crippen molar-refractivity contribution >= 4 is 5.91 Å². The van der Waals surface area contributed by atoms with Crippen LogP contribution in [0.1, 0.15) is 5.56 Å². The van der Waals surface area contributed by atoms with Crippen molar-refractivity contribution in [1.29, 1.82) is 0 Å². The van der Waals surface area contributed by atoms with E-state index < -0.39 is 0 Å². The predicted molar refractivity (Wildman–Crippen MR) is 95.9 cm³/mol.